The van der Waals surface area contributed by atoms with Crippen molar-refractivity contribution in [3.8, 4) is 5.75 Å². The third-order valence-corrected chi connectivity index (χ3v) is 6.52. The van der Waals surface area contributed by atoms with Gasteiger partial charge in [-0.3, -0.25) is 0 Å². The highest BCUT2D eigenvalue weighted by Crippen LogP contribution is 2.61. The third kappa shape index (κ3) is 2.19. The van der Waals surface area contributed by atoms with Crippen LogP contribution in [0.3, 0.4) is 0 Å². The number of para-hydroxylation sites is 1. The van der Waals surface area contributed by atoms with Crippen molar-refractivity contribution in [1.29, 1.82) is 0 Å². The lowest BCUT2D eigenvalue weighted by Crippen LogP contribution is -2.36. The molecule has 2 aromatic rings. The molecule has 1 fully saturated rings. The predicted octanol–water partition coefficient (Wildman–Crippen LogP) is 2.68. The van der Waals surface area contributed by atoms with Crippen molar-refractivity contribution in [3.63, 3.8) is 0 Å². The first-order valence-electron chi connectivity index (χ1n) is 7.52. The molecule has 4 nitrogen and oxygen atoms in total. The fraction of sp³-hybridized carbons (Fsp3) is 0.222. The van der Waals surface area contributed by atoms with Crippen LogP contribution in [-0.2, 0) is 10.0 Å². The van der Waals surface area contributed by atoms with Gasteiger partial charge in [-0.15, -0.1) is 0 Å². The summed E-state index contributed by atoms with van der Waals surface area (Å²) in [7, 11) is -3.74. The second-order valence-electron chi connectivity index (χ2n) is 6.10. The molecule has 118 valence electrons. The first kappa shape index (κ1) is 14.5. The van der Waals surface area contributed by atoms with Crippen molar-refractivity contribution in [3.05, 3.63) is 71.3 Å². The van der Waals surface area contributed by atoms with E-state index in [-0.39, 0.29) is 12.5 Å². The number of primary sulfonamides is 1. The number of benzene rings is 2. The lowest BCUT2D eigenvalue weighted by molar-refractivity contribution is 0.341. The summed E-state index contributed by atoms with van der Waals surface area (Å²) in [6.45, 7) is 0.261. The molecule has 0 bridgehead atoms. The predicted molar refractivity (Wildman–Crippen MR) is 89.6 cm³/mol. The highest BCUT2D eigenvalue weighted by molar-refractivity contribution is 7.91. The van der Waals surface area contributed by atoms with Crippen LogP contribution in [0.5, 0.6) is 5.75 Å². The Morgan fingerprint density at radius 1 is 1.04 bits per heavy atom. The van der Waals surface area contributed by atoms with Gasteiger partial charge in [0.05, 0.1) is 0 Å². The SMILES string of the molecule is NS(=O)(=O)C1(C2=Cc3ccccc3OC2)CC1c1ccccc1. The Morgan fingerprint density at radius 2 is 1.74 bits per heavy atom. The average Bonchev–Trinajstić information content (AvgIpc) is 3.32. The van der Waals surface area contributed by atoms with Crippen LogP contribution in [0.4, 0.5) is 0 Å². The number of sulfonamides is 1. The minimum atomic E-state index is -3.74. The van der Waals surface area contributed by atoms with Crippen LogP contribution in [0.1, 0.15) is 23.5 Å². The van der Waals surface area contributed by atoms with Gasteiger partial charge in [-0.25, -0.2) is 13.6 Å². The Bertz CT molecular complexity index is 889. The van der Waals surface area contributed by atoms with E-state index in [0.29, 0.717) is 6.42 Å². The minimum Gasteiger partial charge on any atom is -0.489 e. The van der Waals surface area contributed by atoms with E-state index in [1.807, 2.05) is 60.7 Å². The molecular weight excluding hydrogens is 310 g/mol. The van der Waals surface area contributed by atoms with Crippen molar-refractivity contribution < 1.29 is 13.2 Å². The number of ether oxygens (including phenoxy) is 1. The normalized spacial score (nSPS) is 26.0. The van der Waals surface area contributed by atoms with Crippen LogP contribution in [0.15, 0.2) is 60.2 Å². The Balaban J connectivity index is 1.80. The second-order valence-corrected chi connectivity index (χ2v) is 7.92. The molecule has 1 saturated carbocycles. The number of fused-ring (bicyclic) bond motifs is 1. The fourth-order valence-corrected chi connectivity index (χ4v) is 4.94. The van der Waals surface area contributed by atoms with E-state index in [2.05, 4.69) is 0 Å². The largest absolute Gasteiger partial charge is 0.489 e. The Hall–Kier alpha value is -2.11. The van der Waals surface area contributed by atoms with Gasteiger partial charge in [-0.05, 0) is 29.7 Å². The van der Waals surface area contributed by atoms with E-state index >= 15 is 0 Å². The summed E-state index contributed by atoms with van der Waals surface area (Å²) >= 11 is 0. The molecule has 1 heterocycles. The van der Waals surface area contributed by atoms with E-state index in [4.69, 9.17) is 9.88 Å². The molecular formula is C18H17NO3S. The van der Waals surface area contributed by atoms with Gasteiger partial charge >= 0.3 is 0 Å². The molecule has 2 aliphatic rings. The van der Waals surface area contributed by atoms with E-state index in [0.717, 1.165) is 22.4 Å². The van der Waals surface area contributed by atoms with Crippen molar-refractivity contribution in [2.75, 3.05) is 6.61 Å². The van der Waals surface area contributed by atoms with Crippen molar-refractivity contribution >= 4 is 16.1 Å². The summed E-state index contributed by atoms with van der Waals surface area (Å²) in [6.07, 6.45) is 2.43. The topological polar surface area (TPSA) is 69.4 Å². The average molecular weight is 327 g/mol. The molecule has 4 rings (SSSR count). The molecule has 0 spiro atoms. The van der Waals surface area contributed by atoms with Crippen LogP contribution in [-0.4, -0.2) is 19.8 Å². The quantitative estimate of drug-likeness (QED) is 0.942. The van der Waals surface area contributed by atoms with E-state index in [1.54, 1.807) is 0 Å². The Labute approximate surface area is 135 Å². The zero-order valence-corrected chi connectivity index (χ0v) is 13.3. The molecule has 0 radical (unpaired) electrons. The van der Waals surface area contributed by atoms with Gasteiger partial charge in [0, 0.05) is 11.5 Å². The van der Waals surface area contributed by atoms with Gasteiger partial charge in [-0.2, -0.15) is 0 Å². The van der Waals surface area contributed by atoms with Crippen molar-refractivity contribution in [2.45, 2.75) is 17.1 Å². The second kappa shape index (κ2) is 4.94. The van der Waals surface area contributed by atoms with Crippen LogP contribution in [0.2, 0.25) is 0 Å². The minimum absolute atomic E-state index is 0.112. The molecule has 1 aliphatic carbocycles. The van der Waals surface area contributed by atoms with E-state index in [9.17, 15) is 8.42 Å². The van der Waals surface area contributed by atoms with Crippen LogP contribution in [0, 0.1) is 0 Å². The van der Waals surface area contributed by atoms with Crippen LogP contribution in [0.25, 0.3) is 6.08 Å². The first-order chi connectivity index (χ1) is 11.0. The van der Waals surface area contributed by atoms with Gasteiger partial charge < -0.3 is 4.74 Å². The molecule has 5 heteroatoms. The number of nitrogens with two attached hydrogens (primary N) is 1. The maximum Gasteiger partial charge on any atom is 0.219 e. The van der Waals surface area contributed by atoms with Gasteiger partial charge in [0.1, 0.15) is 17.1 Å². The molecule has 1 aliphatic heterocycles. The molecule has 0 amide bonds. The Kier molecular flexibility index (Phi) is 3.11. The standard InChI is InChI=1S/C18H17NO3S/c19-23(20,21)18(11-16(18)13-6-2-1-3-7-13)15-10-14-8-4-5-9-17(14)22-12-15/h1-10,16H,11-12H2,(H2,19,20,21). The zero-order valence-electron chi connectivity index (χ0n) is 12.5. The molecule has 0 saturated heterocycles. The van der Waals surface area contributed by atoms with Gasteiger partial charge in [0.15, 0.2) is 0 Å². The monoisotopic (exact) mass is 327 g/mol. The van der Waals surface area contributed by atoms with Crippen LogP contribution >= 0.6 is 0 Å². The van der Waals surface area contributed by atoms with Crippen LogP contribution < -0.4 is 9.88 Å². The molecule has 0 aromatic heterocycles. The summed E-state index contributed by atoms with van der Waals surface area (Å²) in [5.41, 5.74) is 2.64. The summed E-state index contributed by atoms with van der Waals surface area (Å²) in [5, 5.41) is 5.63. The molecule has 2 aromatic carbocycles. The van der Waals surface area contributed by atoms with Gasteiger partial charge in [-0.1, -0.05) is 48.5 Å². The highest BCUT2D eigenvalue weighted by atomic mass is 32.2. The maximum atomic E-state index is 12.4. The van der Waals surface area contributed by atoms with Gasteiger partial charge in [0.25, 0.3) is 0 Å². The van der Waals surface area contributed by atoms with Crippen molar-refractivity contribution in [2.24, 2.45) is 5.14 Å². The lowest BCUT2D eigenvalue weighted by atomic mass is 10.00. The van der Waals surface area contributed by atoms with E-state index < -0.39 is 14.8 Å². The number of hydrogen-bond donors (Lipinski definition) is 1. The summed E-state index contributed by atoms with van der Waals surface area (Å²) in [6, 6.07) is 17.3. The smallest absolute Gasteiger partial charge is 0.219 e. The molecule has 2 N–H and O–H groups in total. The van der Waals surface area contributed by atoms with E-state index in [1.165, 1.54) is 0 Å². The fourth-order valence-electron chi connectivity index (χ4n) is 3.53. The third-order valence-electron chi connectivity index (χ3n) is 4.80. The first-order valence-corrected chi connectivity index (χ1v) is 9.07. The molecule has 2 unspecified atom stereocenters. The Morgan fingerprint density at radius 3 is 2.48 bits per heavy atom. The van der Waals surface area contributed by atoms with Crippen molar-refractivity contribution in [1.82, 2.24) is 0 Å². The molecule has 23 heavy (non-hydrogen) atoms. The zero-order chi connectivity index (χ0) is 16.1. The maximum absolute atomic E-state index is 12.4. The summed E-state index contributed by atoms with van der Waals surface area (Å²) in [5.74, 6) is 0.663. The van der Waals surface area contributed by atoms with Gasteiger partial charge in [0.2, 0.25) is 10.0 Å². The molecule has 2 atom stereocenters. The lowest BCUT2D eigenvalue weighted by Gasteiger charge is -2.24. The summed E-state index contributed by atoms with van der Waals surface area (Å²) in [4.78, 5) is 0. The highest BCUT2D eigenvalue weighted by Gasteiger charge is 2.65. The number of rotatable bonds is 3. The summed E-state index contributed by atoms with van der Waals surface area (Å²) < 4.78 is 29.5. The number of hydrogen-bond acceptors (Lipinski definition) is 3.